The molecule has 1 amide bonds. The zero-order valence-electron chi connectivity index (χ0n) is 9.74. The van der Waals surface area contributed by atoms with Crippen LogP contribution < -0.4 is 5.32 Å². The van der Waals surface area contributed by atoms with Crippen molar-refractivity contribution >= 4 is 11.9 Å². The number of nitrogens with one attached hydrogen (secondary N) is 1. The molecule has 0 aromatic carbocycles. The fraction of sp³-hybridized carbons (Fsp3) is 0.818. The molecule has 0 spiro atoms. The van der Waals surface area contributed by atoms with E-state index in [9.17, 15) is 9.59 Å². The summed E-state index contributed by atoms with van der Waals surface area (Å²) >= 11 is 0. The summed E-state index contributed by atoms with van der Waals surface area (Å²) in [5, 5.41) is 11.1. The number of carboxylic acids is 1. The van der Waals surface area contributed by atoms with E-state index in [0.29, 0.717) is 12.6 Å². The summed E-state index contributed by atoms with van der Waals surface area (Å²) in [6.45, 7) is 4.60. The lowest BCUT2D eigenvalue weighted by Crippen LogP contribution is -2.36. The number of likely N-dealkylation sites (N-methyl/N-ethyl adjacent to an activating group) is 1. The fourth-order valence-corrected chi connectivity index (χ4v) is 1.69. The lowest BCUT2D eigenvalue weighted by Gasteiger charge is -2.19. The van der Waals surface area contributed by atoms with Gasteiger partial charge in [-0.05, 0) is 19.4 Å². The maximum atomic E-state index is 11.2. The molecule has 0 radical (unpaired) electrons. The minimum absolute atomic E-state index is 0.0743. The highest BCUT2D eigenvalue weighted by Crippen LogP contribution is 2.25. The van der Waals surface area contributed by atoms with Crippen LogP contribution in [0, 0.1) is 0 Å². The van der Waals surface area contributed by atoms with Crippen molar-refractivity contribution in [3.05, 3.63) is 0 Å². The van der Waals surface area contributed by atoms with Gasteiger partial charge in [-0.1, -0.05) is 6.92 Å². The Morgan fingerprint density at radius 2 is 2.06 bits per heavy atom. The van der Waals surface area contributed by atoms with Crippen molar-refractivity contribution in [3.8, 4) is 0 Å². The number of carboxylic acid groups (broad SMARTS) is 1. The quantitative estimate of drug-likeness (QED) is 0.633. The smallest absolute Gasteiger partial charge is 0.303 e. The second-order valence-corrected chi connectivity index (χ2v) is 4.10. The summed E-state index contributed by atoms with van der Waals surface area (Å²) in [7, 11) is 0. The third kappa shape index (κ3) is 5.11. The zero-order valence-corrected chi connectivity index (χ0v) is 9.74. The number of carbonyl (C=O) groups is 2. The highest BCUT2D eigenvalue weighted by Gasteiger charge is 2.27. The van der Waals surface area contributed by atoms with Crippen molar-refractivity contribution in [3.63, 3.8) is 0 Å². The van der Waals surface area contributed by atoms with E-state index in [-0.39, 0.29) is 18.7 Å². The molecule has 1 rings (SSSR count). The number of hydrogen-bond donors (Lipinski definition) is 2. The molecule has 1 aliphatic carbocycles. The second-order valence-electron chi connectivity index (χ2n) is 4.10. The molecule has 1 aliphatic rings. The number of nitrogens with zero attached hydrogens (tertiary/aromatic N) is 1. The van der Waals surface area contributed by atoms with Crippen LogP contribution in [0.15, 0.2) is 0 Å². The van der Waals surface area contributed by atoms with Crippen LogP contribution in [0.1, 0.15) is 32.6 Å². The van der Waals surface area contributed by atoms with Gasteiger partial charge in [0, 0.05) is 25.6 Å². The van der Waals surface area contributed by atoms with E-state index in [0.717, 1.165) is 13.1 Å². The van der Waals surface area contributed by atoms with Crippen LogP contribution in [0.4, 0.5) is 0 Å². The van der Waals surface area contributed by atoms with Gasteiger partial charge in [-0.2, -0.15) is 0 Å². The van der Waals surface area contributed by atoms with E-state index in [2.05, 4.69) is 17.1 Å². The second kappa shape index (κ2) is 6.48. The molecule has 5 nitrogen and oxygen atoms in total. The molecular weight excluding hydrogens is 208 g/mol. The van der Waals surface area contributed by atoms with E-state index in [1.54, 1.807) is 0 Å². The predicted molar refractivity (Wildman–Crippen MR) is 60.1 cm³/mol. The van der Waals surface area contributed by atoms with Crippen LogP contribution in [0.3, 0.4) is 0 Å². The van der Waals surface area contributed by atoms with Crippen molar-refractivity contribution in [2.45, 2.75) is 38.6 Å². The first kappa shape index (κ1) is 13.0. The molecule has 0 aromatic rings. The molecule has 0 unspecified atom stereocenters. The van der Waals surface area contributed by atoms with Gasteiger partial charge in [-0.3, -0.25) is 14.5 Å². The first-order valence-electron chi connectivity index (χ1n) is 5.86. The van der Waals surface area contributed by atoms with E-state index in [1.165, 1.54) is 12.8 Å². The van der Waals surface area contributed by atoms with Gasteiger partial charge in [0.2, 0.25) is 5.91 Å². The Kier molecular flexibility index (Phi) is 5.25. The van der Waals surface area contributed by atoms with Crippen LogP contribution >= 0.6 is 0 Å². The molecule has 0 heterocycles. The monoisotopic (exact) mass is 228 g/mol. The molecule has 0 saturated heterocycles. The highest BCUT2D eigenvalue weighted by atomic mass is 16.4. The van der Waals surface area contributed by atoms with Gasteiger partial charge in [-0.15, -0.1) is 0 Å². The van der Waals surface area contributed by atoms with Crippen molar-refractivity contribution in [2.24, 2.45) is 0 Å². The number of hydrogen-bond acceptors (Lipinski definition) is 3. The average Bonchev–Trinajstić information content (AvgIpc) is 3.05. The molecule has 1 fully saturated rings. The molecule has 92 valence electrons. The minimum Gasteiger partial charge on any atom is -0.481 e. The summed E-state index contributed by atoms with van der Waals surface area (Å²) < 4.78 is 0. The van der Waals surface area contributed by atoms with Crippen molar-refractivity contribution in [2.75, 3.05) is 19.6 Å². The van der Waals surface area contributed by atoms with Gasteiger partial charge in [0.15, 0.2) is 0 Å². The number of aliphatic carboxylic acids is 1. The van der Waals surface area contributed by atoms with E-state index >= 15 is 0 Å². The van der Waals surface area contributed by atoms with Crippen LogP contribution in [0.25, 0.3) is 0 Å². The molecule has 5 heteroatoms. The molecule has 0 aliphatic heterocycles. The Balaban J connectivity index is 2.04. The topological polar surface area (TPSA) is 69.6 Å². The number of rotatable bonds is 8. The van der Waals surface area contributed by atoms with E-state index in [4.69, 9.17) is 5.11 Å². The van der Waals surface area contributed by atoms with Crippen molar-refractivity contribution < 1.29 is 14.7 Å². The summed E-state index contributed by atoms with van der Waals surface area (Å²) in [5.74, 6) is -1.10. The first-order valence-corrected chi connectivity index (χ1v) is 5.86. The molecule has 0 aromatic heterocycles. The van der Waals surface area contributed by atoms with E-state index < -0.39 is 5.97 Å². The Hall–Kier alpha value is -1.10. The van der Waals surface area contributed by atoms with Crippen molar-refractivity contribution in [1.82, 2.24) is 10.2 Å². The standard InChI is InChI=1S/C11H20N2O3/c1-2-13(9-3-4-9)8-7-12-10(14)5-6-11(15)16/h9H,2-8H2,1H3,(H,12,14)(H,15,16). The Bertz CT molecular complexity index is 252. The third-order valence-corrected chi connectivity index (χ3v) is 2.76. The average molecular weight is 228 g/mol. The molecular formula is C11H20N2O3. The van der Waals surface area contributed by atoms with Gasteiger partial charge in [0.25, 0.3) is 0 Å². The third-order valence-electron chi connectivity index (χ3n) is 2.76. The SMILES string of the molecule is CCN(CCNC(=O)CCC(=O)O)C1CC1. The zero-order chi connectivity index (χ0) is 12.0. The van der Waals surface area contributed by atoms with Crippen molar-refractivity contribution in [1.29, 1.82) is 0 Å². The summed E-state index contributed by atoms with van der Waals surface area (Å²) in [6, 6.07) is 0.709. The highest BCUT2D eigenvalue weighted by molar-refractivity contribution is 5.80. The summed E-state index contributed by atoms with van der Waals surface area (Å²) in [5.41, 5.74) is 0. The lowest BCUT2D eigenvalue weighted by molar-refractivity contribution is -0.138. The summed E-state index contributed by atoms with van der Waals surface area (Å²) in [6.07, 6.45) is 2.51. The van der Waals surface area contributed by atoms with Gasteiger partial charge < -0.3 is 10.4 Å². The van der Waals surface area contributed by atoms with Crippen LogP contribution in [0.2, 0.25) is 0 Å². The number of amides is 1. The van der Waals surface area contributed by atoms with Gasteiger partial charge in [0.1, 0.15) is 0 Å². The largest absolute Gasteiger partial charge is 0.481 e. The van der Waals surface area contributed by atoms with E-state index in [1.807, 2.05) is 0 Å². The lowest BCUT2D eigenvalue weighted by atomic mass is 10.3. The molecule has 2 N–H and O–H groups in total. The first-order chi connectivity index (χ1) is 7.63. The fourth-order valence-electron chi connectivity index (χ4n) is 1.69. The number of carbonyl (C=O) groups excluding carboxylic acids is 1. The van der Waals surface area contributed by atoms with Gasteiger partial charge >= 0.3 is 5.97 Å². The maximum absolute atomic E-state index is 11.2. The Morgan fingerprint density at radius 1 is 1.38 bits per heavy atom. The Morgan fingerprint density at radius 3 is 2.56 bits per heavy atom. The van der Waals surface area contributed by atoms with Gasteiger partial charge in [0.05, 0.1) is 6.42 Å². The van der Waals surface area contributed by atoms with Gasteiger partial charge in [-0.25, -0.2) is 0 Å². The maximum Gasteiger partial charge on any atom is 0.303 e. The molecule has 1 saturated carbocycles. The molecule has 0 atom stereocenters. The minimum atomic E-state index is -0.927. The predicted octanol–water partition coefficient (Wildman–Crippen LogP) is 0.452. The Labute approximate surface area is 95.8 Å². The summed E-state index contributed by atoms with van der Waals surface area (Å²) in [4.78, 5) is 23.8. The molecule has 0 bridgehead atoms. The van der Waals surface area contributed by atoms with Crippen LogP contribution in [0.5, 0.6) is 0 Å². The normalized spacial score (nSPS) is 15.1. The molecule has 16 heavy (non-hydrogen) atoms. The van der Waals surface area contributed by atoms with Crippen LogP contribution in [-0.2, 0) is 9.59 Å². The van der Waals surface area contributed by atoms with Crippen LogP contribution in [-0.4, -0.2) is 47.6 Å².